The summed E-state index contributed by atoms with van der Waals surface area (Å²) in [5.41, 5.74) is 6.83. The van der Waals surface area contributed by atoms with Crippen molar-refractivity contribution >= 4 is 27.6 Å². The lowest BCUT2D eigenvalue weighted by molar-refractivity contribution is 0.480. The lowest BCUT2D eigenvalue weighted by atomic mass is 9.98. The van der Waals surface area contributed by atoms with E-state index >= 15 is 0 Å². The van der Waals surface area contributed by atoms with Gasteiger partial charge < -0.3 is 9.32 Å². The summed E-state index contributed by atoms with van der Waals surface area (Å²) in [6, 6.07) is 11.1. The summed E-state index contributed by atoms with van der Waals surface area (Å²) in [6.45, 7) is 8.80. The van der Waals surface area contributed by atoms with E-state index in [2.05, 4.69) is 80.1 Å². The van der Waals surface area contributed by atoms with E-state index in [1.807, 2.05) is 0 Å². The molecule has 0 saturated heterocycles. The van der Waals surface area contributed by atoms with Crippen LogP contribution in [-0.2, 0) is 6.42 Å². The number of hydrogen-bond donors (Lipinski definition) is 0. The molecule has 0 radical (unpaired) electrons. The molecule has 2 heteroatoms. The third kappa shape index (κ3) is 1.97. The Morgan fingerprint density at radius 1 is 1.08 bits per heavy atom. The van der Waals surface area contributed by atoms with Crippen LogP contribution < -0.4 is 0 Å². The monoisotopic (exact) mass is 327 g/mol. The minimum atomic E-state index is 0.185. The summed E-state index contributed by atoms with van der Waals surface area (Å²) in [7, 11) is 0. The lowest BCUT2D eigenvalue weighted by Gasteiger charge is -2.23. The van der Waals surface area contributed by atoms with Crippen LogP contribution in [0.15, 0.2) is 65.8 Å². The van der Waals surface area contributed by atoms with E-state index in [0.717, 1.165) is 23.3 Å². The maximum Gasteiger partial charge on any atom is 0.141 e. The van der Waals surface area contributed by atoms with Gasteiger partial charge in [0.25, 0.3) is 0 Å². The fourth-order valence-corrected chi connectivity index (χ4v) is 4.22. The largest absolute Gasteiger partial charge is 0.455 e. The van der Waals surface area contributed by atoms with E-state index in [1.54, 1.807) is 0 Å². The number of furan rings is 1. The highest BCUT2D eigenvalue weighted by Crippen LogP contribution is 2.48. The predicted molar refractivity (Wildman–Crippen MR) is 104 cm³/mol. The molecule has 2 aliphatic heterocycles. The van der Waals surface area contributed by atoms with E-state index in [4.69, 9.17) is 4.42 Å². The van der Waals surface area contributed by atoms with Crippen molar-refractivity contribution in [3.05, 3.63) is 78.0 Å². The molecule has 1 atom stereocenters. The second kappa shape index (κ2) is 5.13. The third-order valence-electron chi connectivity index (χ3n) is 5.28. The van der Waals surface area contributed by atoms with E-state index in [1.165, 1.54) is 27.5 Å². The summed E-state index contributed by atoms with van der Waals surface area (Å²) in [5.74, 6) is 0.603. The zero-order chi connectivity index (χ0) is 17.1. The topological polar surface area (TPSA) is 16.4 Å². The van der Waals surface area contributed by atoms with Gasteiger partial charge in [0.1, 0.15) is 11.2 Å². The minimum absolute atomic E-state index is 0.185. The van der Waals surface area contributed by atoms with Gasteiger partial charge >= 0.3 is 0 Å². The molecule has 0 spiro atoms. The van der Waals surface area contributed by atoms with Crippen molar-refractivity contribution in [1.82, 2.24) is 4.90 Å². The average molecular weight is 327 g/mol. The summed E-state index contributed by atoms with van der Waals surface area (Å²) < 4.78 is 6.50. The molecule has 0 N–H and O–H groups in total. The van der Waals surface area contributed by atoms with Gasteiger partial charge in [0, 0.05) is 33.8 Å². The first-order valence-corrected chi connectivity index (χ1v) is 8.95. The Labute approximate surface area is 147 Å². The molecule has 0 saturated carbocycles. The van der Waals surface area contributed by atoms with E-state index in [9.17, 15) is 0 Å². The van der Waals surface area contributed by atoms with Gasteiger partial charge in [-0.1, -0.05) is 56.8 Å². The summed E-state index contributed by atoms with van der Waals surface area (Å²) in [6.07, 6.45) is 9.52. The molecular weight excluding hydrogens is 306 g/mol. The number of benzene rings is 2. The Hall–Kier alpha value is -2.74. The first-order valence-electron chi connectivity index (χ1n) is 8.95. The third-order valence-corrected chi connectivity index (χ3v) is 5.28. The number of fused-ring (bicyclic) bond motifs is 7. The minimum Gasteiger partial charge on any atom is -0.455 e. The quantitative estimate of drug-likeness (QED) is 0.557. The van der Waals surface area contributed by atoms with Crippen LogP contribution in [0.3, 0.4) is 0 Å². The van der Waals surface area contributed by atoms with Crippen molar-refractivity contribution in [2.24, 2.45) is 5.92 Å². The van der Waals surface area contributed by atoms with E-state index in [0.29, 0.717) is 5.92 Å². The Balaban J connectivity index is 1.82. The van der Waals surface area contributed by atoms with Crippen LogP contribution in [0, 0.1) is 5.92 Å². The van der Waals surface area contributed by atoms with Gasteiger partial charge in [-0.05, 0) is 30.0 Å². The van der Waals surface area contributed by atoms with Gasteiger partial charge in [-0.3, -0.25) is 0 Å². The molecule has 0 fully saturated rings. The van der Waals surface area contributed by atoms with Crippen molar-refractivity contribution in [1.29, 1.82) is 0 Å². The molecule has 3 heterocycles. The SMILES string of the molecule is C=C1c2ccc3c(oc4c(CC(C)C)cccc43)c2C2C=CC=CN12. The second-order valence-electron chi connectivity index (χ2n) is 7.42. The van der Waals surface area contributed by atoms with Crippen LogP contribution in [0.1, 0.15) is 36.6 Å². The fourth-order valence-electron chi connectivity index (χ4n) is 4.22. The Morgan fingerprint density at radius 2 is 1.92 bits per heavy atom. The zero-order valence-corrected chi connectivity index (χ0v) is 14.6. The molecule has 0 bridgehead atoms. The second-order valence-corrected chi connectivity index (χ2v) is 7.42. The maximum absolute atomic E-state index is 6.50. The molecule has 124 valence electrons. The standard InChI is InChI=1S/C23H21NO/c1-14(2)13-16-7-6-8-18-19-11-10-17-15(3)24-12-5-4-9-20(24)21(17)23(19)25-22(16)18/h4-12,14,20H,3,13H2,1-2H3. The van der Waals surface area contributed by atoms with E-state index in [-0.39, 0.29) is 6.04 Å². The smallest absolute Gasteiger partial charge is 0.141 e. The average Bonchev–Trinajstić information content (AvgIpc) is 3.12. The number of nitrogens with zero attached hydrogens (tertiary/aromatic N) is 1. The van der Waals surface area contributed by atoms with Crippen molar-refractivity contribution < 1.29 is 4.42 Å². The summed E-state index contributed by atoms with van der Waals surface area (Å²) in [4.78, 5) is 2.23. The Morgan fingerprint density at radius 3 is 2.76 bits per heavy atom. The molecule has 1 unspecified atom stereocenters. The van der Waals surface area contributed by atoms with Crippen molar-refractivity contribution in [2.75, 3.05) is 0 Å². The number of hydrogen-bond acceptors (Lipinski definition) is 2. The molecule has 1 aromatic heterocycles. The number of rotatable bonds is 2. The maximum atomic E-state index is 6.50. The highest BCUT2D eigenvalue weighted by molar-refractivity contribution is 6.08. The van der Waals surface area contributed by atoms with Crippen molar-refractivity contribution in [2.45, 2.75) is 26.3 Å². The van der Waals surface area contributed by atoms with Gasteiger partial charge in [-0.2, -0.15) is 0 Å². The van der Waals surface area contributed by atoms with Crippen LogP contribution in [0.2, 0.25) is 0 Å². The van der Waals surface area contributed by atoms with Gasteiger partial charge in [0.2, 0.25) is 0 Å². The van der Waals surface area contributed by atoms with Crippen LogP contribution in [0.25, 0.3) is 27.6 Å². The normalized spacial score (nSPS) is 18.6. The summed E-state index contributed by atoms with van der Waals surface area (Å²) >= 11 is 0. The summed E-state index contributed by atoms with van der Waals surface area (Å²) in [5, 5.41) is 2.42. The molecule has 0 amide bonds. The fraction of sp³-hybridized carbons (Fsp3) is 0.217. The highest BCUT2D eigenvalue weighted by atomic mass is 16.3. The van der Waals surface area contributed by atoms with Gasteiger partial charge in [-0.25, -0.2) is 0 Å². The molecule has 0 aliphatic carbocycles. The zero-order valence-electron chi connectivity index (χ0n) is 14.6. The lowest BCUT2D eigenvalue weighted by Crippen LogP contribution is -2.14. The van der Waals surface area contributed by atoms with E-state index < -0.39 is 0 Å². The molecule has 2 nitrogen and oxygen atoms in total. The molecule has 25 heavy (non-hydrogen) atoms. The molecule has 2 aromatic carbocycles. The highest BCUT2D eigenvalue weighted by Gasteiger charge is 2.34. The molecule has 3 aromatic rings. The number of para-hydroxylation sites is 1. The Bertz CT molecular complexity index is 1080. The van der Waals surface area contributed by atoms with Crippen LogP contribution in [0.4, 0.5) is 0 Å². The molecular formula is C23H21NO. The molecule has 5 rings (SSSR count). The van der Waals surface area contributed by atoms with Gasteiger partial charge in [0.15, 0.2) is 0 Å². The Kier molecular flexibility index (Phi) is 2.99. The van der Waals surface area contributed by atoms with Crippen LogP contribution in [-0.4, -0.2) is 4.90 Å². The first kappa shape index (κ1) is 14.6. The van der Waals surface area contributed by atoms with Gasteiger partial charge in [-0.15, -0.1) is 0 Å². The van der Waals surface area contributed by atoms with Crippen LogP contribution >= 0.6 is 0 Å². The van der Waals surface area contributed by atoms with Crippen molar-refractivity contribution in [3.8, 4) is 0 Å². The first-order chi connectivity index (χ1) is 12.1. The predicted octanol–water partition coefficient (Wildman–Crippen LogP) is 6.20. The van der Waals surface area contributed by atoms with Crippen molar-refractivity contribution in [3.63, 3.8) is 0 Å². The van der Waals surface area contributed by atoms with Gasteiger partial charge in [0.05, 0.1) is 6.04 Å². The van der Waals surface area contributed by atoms with Crippen LogP contribution in [0.5, 0.6) is 0 Å². The molecule has 2 aliphatic rings. The number of allylic oxidation sites excluding steroid dienone is 2.